The molecule has 1 aromatic carbocycles. The van der Waals surface area contributed by atoms with Crippen LogP contribution in [0.15, 0.2) is 24.3 Å². The molecule has 2 N–H and O–H groups in total. The lowest BCUT2D eigenvalue weighted by Gasteiger charge is -2.32. The van der Waals surface area contributed by atoms with E-state index in [-0.39, 0.29) is 11.9 Å². The first-order valence-corrected chi connectivity index (χ1v) is 10.7. The first-order chi connectivity index (χ1) is 14.9. The monoisotopic (exact) mass is 430 g/mol. The van der Waals surface area contributed by atoms with Crippen LogP contribution in [0.1, 0.15) is 39.0 Å². The smallest absolute Gasteiger partial charge is 0.340 e. The van der Waals surface area contributed by atoms with Gasteiger partial charge in [0.2, 0.25) is 0 Å². The van der Waals surface area contributed by atoms with Gasteiger partial charge in [-0.1, -0.05) is 0 Å². The summed E-state index contributed by atoms with van der Waals surface area (Å²) in [5.74, 6) is 1.17. The summed E-state index contributed by atoms with van der Waals surface area (Å²) < 4.78 is 16.1. The molecule has 0 unspecified atom stereocenters. The highest BCUT2D eigenvalue weighted by Crippen LogP contribution is 2.20. The fraction of sp³-hybridized carbons (Fsp3) is 0.478. The van der Waals surface area contributed by atoms with Gasteiger partial charge in [0, 0.05) is 5.69 Å². The Morgan fingerprint density at radius 2 is 1.74 bits per heavy atom. The number of aromatic amines is 1. The molecule has 1 aliphatic heterocycles. The van der Waals surface area contributed by atoms with E-state index in [1.54, 1.807) is 27.9 Å². The summed E-state index contributed by atoms with van der Waals surface area (Å²) in [4.78, 5) is 31.6. The van der Waals surface area contributed by atoms with E-state index < -0.39 is 0 Å². The molecule has 0 atom stereocenters. The Hall–Kier alpha value is -3.00. The van der Waals surface area contributed by atoms with E-state index >= 15 is 0 Å². The molecule has 1 amide bonds. The van der Waals surface area contributed by atoms with E-state index in [1.807, 2.05) is 29.2 Å². The maximum absolute atomic E-state index is 13.0. The molecule has 2 heterocycles. The molecule has 2 aromatic rings. The van der Waals surface area contributed by atoms with E-state index in [0.29, 0.717) is 48.8 Å². The van der Waals surface area contributed by atoms with E-state index in [4.69, 9.17) is 14.2 Å². The van der Waals surface area contributed by atoms with Crippen molar-refractivity contribution in [2.24, 2.45) is 0 Å². The number of amides is 1. The number of hydrogen-bond donors (Lipinski definition) is 2. The normalized spacial score (nSPS) is 14.4. The zero-order valence-corrected chi connectivity index (χ0v) is 18.7. The Balaban J connectivity index is 1.49. The van der Waals surface area contributed by atoms with Crippen molar-refractivity contribution >= 4 is 11.9 Å². The van der Waals surface area contributed by atoms with Crippen molar-refractivity contribution in [2.75, 3.05) is 53.0 Å². The number of H-pyrrole nitrogens is 1. The second kappa shape index (κ2) is 10.3. The predicted octanol–water partition coefficient (Wildman–Crippen LogP) is 1.24. The lowest BCUT2D eigenvalue weighted by atomic mass is 10.1. The highest BCUT2D eigenvalue weighted by Gasteiger charge is 2.29. The minimum atomic E-state index is -0.390. The summed E-state index contributed by atoms with van der Waals surface area (Å²) >= 11 is 0. The number of nitrogens with one attached hydrogen (secondary N) is 2. The number of quaternary nitrogens is 1. The summed E-state index contributed by atoms with van der Waals surface area (Å²) in [6, 6.07) is 7.56. The lowest BCUT2D eigenvalue weighted by Crippen LogP contribution is -3.15. The fourth-order valence-electron chi connectivity index (χ4n) is 3.89. The lowest BCUT2D eigenvalue weighted by molar-refractivity contribution is -0.903. The summed E-state index contributed by atoms with van der Waals surface area (Å²) in [5, 5.41) is 0. The number of methoxy groups -OCH3 is 1. The molecule has 1 aliphatic rings. The summed E-state index contributed by atoms with van der Waals surface area (Å²) in [5.41, 5.74) is 2.26. The van der Waals surface area contributed by atoms with Gasteiger partial charge in [0.15, 0.2) is 0 Å². The number of aromatic nitrogens is 1. The number of aryl methyl sites for hydroxylation is 1. The van der Waals surface area contributed by atoms with Gasteiger partial charge in [-0.05, 0) is 50.6 Å². The zero-order chi connectivity index (χ0) is 22.4. The van der Waals surface area contributed by atoms with Crippen LogP contribution in [0.3, 0.4) is 0 Å². The fourth-order valence-corrected chi connectivity index (χ4v) is 3.89. The molecule has 31 heavy (non-hydrogen) atoms. The van der Waals surface area contributed by atoms with Gasteiger partial charge in [-0.25, -0.2) is 4.79 Å². The molecule has 8 nitrogen and oxygen atoms in total. The third kappa shape index (κ3) is 5.38. The molecule has 168 valence electrons. The van der Waals surface area contributed by atoms with Gasteiger partial charge in [-0.2, -0.15) is 0 Å². The number of esters is 1. The van der Waals surface area contributed by atoms with Crippen molar-refractivity contribution in [1.29, 1.82) is 0 Å². The standard InChI is InChI=1S/C23H31N3O5/c1-5-30-23(28)20-16(2)21(24-17(20)3)22(27)26-12-10-25(11-13-26)14-15-31-19-8-6-18(29-4)7-9-19/h6-9,24H,5,10-15H2,1-4H3/p+1. The molecule has 0 bridgehead atoms. The Bertz CT molecular complexity index is 899. The van der Waals surface area contributed by atoms with E-state index in [2.05, 4.69) is 4.98 Å². The van der Waals surface area contributed by atoms with Crippen molar-refractivity contribution in [3.63, 3.8) is 0 Å². The number of hydrogen-bond acceptors (Lipinski definition) is 5. The van der Waals surface area contributed by atoms with Gasteiger partial charge in [0.25, 0.3) is 5.91 Å². The van der Waals surface area contributed by atoms with E-state index in [9.17, 15) is 9.59 Å². The van der Waals surface area contributed by atoms with Crippen LogP contribution in [0.5, 0.6) is 11.5 Å². The van der Waals surface area contributed by atoms with E-state index in [1.165, 1.54) is 4.90 Å². The molecule has 3 rings (SSSR count). The average molecular weight is 431 g/mol. The van der Waals surface area contributed by atoms with Crippen LogP contribution in [-0.4, -0.2) is 74.8 Å². The van der Waals surface area contributed by atoms with Crippen LogP contribution in [-0.2, 0) is 4.74 Å². The SMILES string of the molecule is CCOC(=O)c1c(C)[nH]c(C(=O)N2CC[NH+](CCOc3ccc(OC)cc3)CC2)c1C. The minimum Gasteiger partial charge on any atom is -0.497 e. The molecular weight excluding hydrogens is 398 g/mol. The zero-order valence-electron chi connectivity index (χ0n) is 18.7. The van der Waals surface area contributed by atoms with Crippen molar-refractivity contribution in [1.82, 2.24) is 9.88 Å². The number of carbonyl (C=O) groups excluding carboxylic acids is 2. The van der Waals surface area contributed by atoms with Gasteiger partial charge >= 0.3 is 5.97 Å². The second-order valence-corrected chi connectivity index (χ2v) is 7.66. The van der Waals surface area contributed by atoms with Gasteiger partial charge in [0.05, 0.1) is 45.5 Å². The van der Waals surface area contributed by atoms with Crippen LogP contribution >= 0.6 is 0 Å². The van der Waals surface area contributed by atoms with Crippen molar-refractivity contribution in [3.05, 3.63) is 46.8 Å². The molecule has 0 radical (unpaired) electrons. The molecule has 0 saturated carbocycles. The van der Waals surface area contributed by atoms with Crippen LogP contribution in [0, 0.1) is 13.8 Å². The predicted molar refractivity (Wildman–Crippen MR) is 116 cm³/mol. The van der Waals surface area contributed by atoms with Gasteiger partial charge in [-0.15, -0.1) is 0 Å². The van der Waals surface area contributed by atoms with Gasteiger partial charge in [0.1, 0.15) is 30.3 Å². The minimum absolute atomic E-state index is 0.0651. The maximum Gasteiger partial charge on any atom is 0.340 e. The highest BCUT2D eigenvalue weighted by atomic mass is 16.5. The van der Waals surface area contributed by atoms with Crippen LogP contribution in [0.25, 0.3) is 0 Å². The molecular formula is C23H32N3O5+. The Morgan fingerprint density at radius 3 is 2.35 bits per heavy atom. The maximum atomic E-state index is 13.0. The van der Waals surface area contributed by atoms with Gasteiger partial charge in [-0.3, -0.25) is 4.79 Å². The average Bonchev–Trinajstić information content (AvgIpc) is 3.08. The van der Waals surface area contributed by atoms with Gasteiger partial charge < -0.3 is 29.0 Å². The number of rotatable bonds is 8. The number of benzene rings is 1. The third-order valence-electron chi connectivity index (χ3n) is 5.67. The Labute approximate surface area is 183 Å². The summed E-state index contributed by atoms with van der Waals surface area (Å²) in [6.45, 7) is 10.2. The molecule has 0 spiro atoms. The largest absolute Gasteiger partial charge is 0.497 e. The van der Waals surface area contributed by atoms with Crippen molar-refractivity contribution in [3.8, 4) is 11.5 Å². The number of piperazine rings is 1. The Kier molecular flexibility index (Phi) is 7.57. The van der Waals surface area contributed by atoms with Crippen molar-refractivity contribution < 1.29 is 28.7 Å². The number of carbonyl (C=O) groups is 2. The molecule has 1 aromatic heterocycles. The first-order valence-electron chi connectivity index (χ1n) is 10.7. The number of nitrogens with zero attached hydrogens (tertiary/aromatic N) is 1. The molecule has 0 aliphatic carbocycles. The summed E-state index contributed by atoms with van der Waals surface area (Å²) in [7, 11) is 1.64. The first kappa shape index (κ1) is 22.7. The topological polar surface area (TPSA) is 85.3 Å². The van der Waals surface area contributed by atoms with Crippen LogP contribution in [0.2, 0.25) is 0 Å². The summed E-state index contributed by atoms with van der Waals surface area (Å²) in [6.07, 6.45) is 0. The second-order valence-electron chi connectivity index (χ2n) is 7.66. The van der Waals surface area contributed by atoms with E-state index in [0.717, 1.165) is 31.1 Å². The van der Waals surface area contributed by atoms with Crippen molar-refractivity contribution in [2.45, 2.75) is 20.8 Å². The third-order valence-corrected chi connectivity index (χ3v) is 5.67. The van der Waals surface area contributed by atoms with Crippen LogP contribution < -0.4 is 14.4 Å². The Morgan fingerprint density at radius 1 is 1.10 bits per heavy atom. The quantitative estimate of drug-likeness (QED) is 0.616. The van der Waals surface area contributed by atoms with Crippen LogP contribution in [0.4, 0.5) is 0 Å². The number of ether oxygens (including phenoxy) is 3. The highest BCUT2D eigenvalue weighted by molar-refractivity contribution is 6.00. The molecule has 1 fully saturated rings. The molecule has 8 heteroatoms. The molecule has 1 saturated heterocycles.